The molecule has 0 unspecified atom stereocenters. The number of imide groups is 1. The molecule has 0 radical (unpaired) electrons. The van der Waals surface area contributed by atoms with Gasteiger partial charge in [-0.05, 0) is 30.7 Å². The van der Waals surface area contributed by atoms with Crippen LogP contribution in [0.2, 0.25) is 0 Å². The minimum Gasteiger partial charge on any atom is -0.375 e. The van der Waals surface area contributed by atoms with Crippen LogP contribution < -0.4 is 5.32 Å². The number of ether oxygens (including phenoxy) is 1. The first-order valence-corrected chi connectivity index (χ1v) is 14.5. The Morgan fingerprint density at radius 3 is 2.40 bits per heavy atom. The fourth-order valence-electron chi connectivity index (χ4n) is 5.11. The van der Waals surface area contributed by atoms with Crippen LogP contribution in [0.25, 0.3) is 0 Å². The largest absolute Gasteiger partial charge is 0.375 e. The molecule has 10 nitrogen and oxygen atoms in total. The van der Waals surface area contributed by atoms with Gasteiger partial charge in [-0.3, -0.25) is 19.2 Å². The summed E-state index contributed by atoms with van der Waals surface area (Å²) in [7, 11) is 0. The fourth-order valence-corrected chi connectivity index (χ4v) is 5.11. The number of hydrogen-bond donors (Lipinski definition) is 1. The number of nitrogens with zero attached hydrogens (tertiary/aromatic N) is 2. The molecule has 2 aliphatic heterocycles. The van der Waals surface area contributed by atoms with Crippen LogP contribution in [0.3, 0.4) is 0 Å². The van der Waals surface area contributed by atoms with Crippen LogP contribution in [0.1, 0.15) is 84.1 Å². The molecule has 40 heavy (non-hydrogen) atoms. The van der Waals surface area contributed by atoms with Gasteiger partial charge >= 0.3 is 5.97 Å². The quantitative estimate of drug-likeness (QED) is 0.259. The third kappa shape index (κ3) is 8.87. The number of carbonyl (C=O) groups excluding carboxylic acids is 5. The zero-order valence-electron chi connectivity index (χ0n) is 23.9. The van der Waals surface area contributed by atoms with Gasteiger partial charge in [0.15, 0.2) is 0 Å². The maximum absolute atomic E-state index is 13.7. The lowest BCUT2D eigenvalue weighted by Gasteiger charge is -2.32. The third-order valence-corrected chi connectivity index (χ3v) is 7.45. The molecule has 2 heterocycles. The molecule has 1 aromatic rings. The molecule has 4 amide bonds. The summed E-state index contributed by atoms with van der Waals surface area (Å²) in [6.45, 7) is 7.28. The Morgan fingerprint density at radius 1 is 1.05 bits per heavy atom. The summed E-state index contributed by atoms with van der Waals surface area (Å²) < 4.78 is 5.93. The molecule has 220 valence electrons. The Morgan fingerprint density at radius 2 is 1.75 bits per heavy atom. The molecule has 0 saturated carbocycles. The molecule has 3 atom stereocenters. The van der Waals surface area contributed by atoms with Crippen molar-refractivity contribution in [2.45, 2.75) is 97.2 Å². The summed E-state index contributed by atoms with van der Waals surface area (Å²) in [4.78, 5) is 70.2. The van der Waals surface area contributed by atoms with Crippen molar-refractivity contribution < 1.29 is 33.5 Å². The van der Waals surface area contributed by atoms with Crippen LogP contribution in [0.4, 0.5) is 0 Å². The number of likely N-dealkylation sites (tertiary alicyclic amines) is 1. The second kappa shape index (κ2) is 15.5. The molecule has 0 spiro atoms. The lowest BCUT2D eigenvalue weighted by atomic mass is 9.95. The van der Waals surface area contributed by atoms with E-state index < -0.39 is 35.7 Å². The SMILES string of the molecule is CCCCC[C@@H](CC(=O)ON1C(=O)CCC1=O)C(=O)N[C@H](C(=O)N1CCC[C@H]1COCc1ccccc1)C(C)C. The van der Waals surface area contributed by atoms with Crippen molar-refractivity contribution in [1.29, 1.82) is 0 Å². The molecule has 1 N–H and O–H groups in total. The second-order valence-corrected chi connectivity index (χ2v) is 11.0. The fraction of sp³-hybridized carbons (Fsp3) is 0.633. The van der Waals surface area contributed by atoms with E-state index in [1.807, 2.05) is 51.1 Å². The smallest absolute Gasteiger partial charge is 0.334 e. The van der Waals surface area contributed by atoms with E-state index in [0.29, 0.717) is 31.2 Å². The van der Waals surface area contributed by atoms with Crippen LogP contribution in [0, 0.1) is 11.8 Å². The number of hydroxylamine groups is 2. The highest BCUT2D eigenvalue weighted by Crippen LogP contribution is 2.23. The summed E-state index contributed by atoms with van der Waals surface area (Å²) >= 11 is 0. The molecular weight excluding hydrogens is 514 g/mol. The maximum Gasteiger partial charge on any atom is 0.334 e. The second-order valence-electron chi connectivity index (χ2n) is 11.0. The van der Waals surface area contributed by atoms with Crippen molar-refractivity contribution in [3.63, 3.8) is 0 Å². The van der Waals surface area contributed by atoms with Gasteiger partial charge < -0.3 is 19.8 Å². The molecule has 3 rings (SSSR count). The molecule has 2 saturated heterocycles. The van der Waals surface area contributed by atoms with Crippen LogP contribution in [-0.2, 0) is 40.2 Å². The molecular formula is C30H43N3O7. The molecule has 1 aromatic carbocycles. The van der Waals surface area contributed by atoms with E-state index in [2.05, 4.69) is 5.32 Å². The van der Waals surface area contributed by atoms with E-state index >= 15 is 0 Å². The lowest BCUT2D eigenvalue weighted by molar-refractivity contribution is -0.198. The van der Waals surface area contributed by atoms with Gasteiger partial charge in [0.25, 0.3) is 11.8 Å². The standard InChI is InChI=1S/C30H43N3O7/c1-4-5-7-13-23(18-27(36)40-33-25(34)15-16-26(33)35)29(37)31-28(21(2)3)30(38)32-17-10-14-24(32)20-39-19-22-11-8-6-9-12-22/h6,8-9,11-12,21,23-24,28H,4-5,7,10,13-20H2,1-3H3,(H,31,37)/t23-,24-,28-/m0/s1. The van der Waals surface area contributed by atoms with Crippen molar-refractivity contribution in [2.24, 2.45) is 11.8 Å². The summed E-state index contributed by atoms with van der Waals surface area (Å²) in [5, 5.41) is 3.41. The van der Waals surface area contributed by atoms with Gasteiger partial charge in [-0.15, -0.1) is 5.06 Å². The molecule has 0 aromatic heterocycles. The number of rotatable bonds is 15. The summed E-state index contributed by atoms with van der Waals surface area (Å²) in [5.41, 5.74) is 1.07. The van der Waals surface area contributed by atoms with Gasteiger partial charge in [-0.1, -0.05) is 70.4 Å². The van der Waals surface area contributed by atoms with Gasteiger partial charge in [0.2, 0.25) is 11.8 Å². The van der Waals surface area contributed by atoms with Crippen molar-refractivity contribution in [1.82, 2.24) is 15.3 Å². The Hall–Kier alpha value is -3.27. The first kappa shape index (κ1) is 31.3. The van der Waals surface area contributed by atoms with Crippen molar-refractivity contribution in [2.75, 3.05) is 13.2 Å². The van der Waals surface area contributed by atoms with E-state index in [1.54, 1.807) is 4.90 Å². The van der Waals surface area contributed by atoms with E-state index in [1.165, 1.54) is 0 Å². The van der Waals surface area contributed by atoms with Crippen molar-refractivity contribution >= 4 is 29.6 Å². The van der Waals surface area contributed by atoms with E-state index in [0.717, 1.165) is 37.7 Å². The van der Waals surface area contributed by atoms with Gasteiger partial charge in [-0.2, -0.15) is 0 Å². The number of unbranched alkanes of at least 4 members (excludes halogenated alkanes) is 2. The van der Waals surface area contributed by atoms with E-state index in [4.69, 9.17) is 9.57 Å². The normalized spacial score (nSPS) is 18.8. The van der Waals surface area contributed by atoms with Crippen LogP contribution in [0.15, 0.2) is 30.3 Å². The van der Waals surface area contributed by atoms with Gasteiger partial charge in [0.05, 0.1) is 25.7 Å². The summed E-state index contributed by atoms with van der Waals surface area (Å²) in [6, 6.07) is 9.04. The molecule has 2 aliphatic rings. The maximum atomic E-state index is 13.7. The highest BCUT2D eigenvalue weighted by atomic mass is 16.7. The van der Waals surface area contributed by atoms with Gasteiger partial charge in [0.1, 0.15) is 6.04 Å². The molecule has 10 heteroatoms. The monoisotopic (exact) mass is 557 g/mol. The molecule has 0 bridgehead atoms. The molecule has 0 aliphatic carbocycles. The van der Waals surface area contributed by atoms with Crippen molar-refractivity contribution in [3.05, 3.63) is 35.9 Å². The van der Waals surface area contributed by atoms with Crippen LogP contribution in [0.5, 0.6) is 0 Å². The number of amides is 4. The lowest BCUT2D eigenvalue weighted by Crippen LogP contribution is -2.54. The minimum atomic E-state index is -0.817. The first-order chi connectivity index (χ1) is 19.2. The van der Waals surface area contributed by atoms with Gasteiger partial charge in [-0.25, -0.2) is 4.79 Å². The average Bonchev–Trinajstić information content (AvgIpc) is 3.53. The predicted octanol–water partition coefficient (Wildman–Crippen LogP) is 3.53. The first-order valence-electron chi connectivity index (χ1n) is 14.5. The predicted molar refractivity (Wildman–Crippen MR) is 147 cm³/mol. The third-order valence-electron chi connectivity index (χ3n) is 7.45. The van der Waals surface area contributed by atoms with E-state index in [9.17, 15) is 24.0 Å². The number of hydrogen-bond acceptors (Lipinski definition) is 7. The minimum absolute atomic E-state index is 0.000499. The van der Waals surface area contributed by atoms with Gasteiger partial charge in [0, 0.05) is 25.3 Å². The number of benzene rings is 1. The van der Waals surface area contributed by atoms with Crippen LogP contribution in [-0.4, -0.2) is 64.8 Å². The Kier molecular flexibility index (Phi) is 12.1. The zero-order chi connectivity index (χ0) is 29.1. The summed E-state index contributed by atoms with van der Waals surface area (Å²) in [6.07, 6.45) is 4.37. The van der Waals surface area contributed by atoms with Crippen molar-refractivity contribution in [3.8, 4) is 0 Å². The number of carbonyl (C=O) groups is 5. The highest BCUT2D eigenvalue weighted by molar-refractivity contribution is 6.01. The Balaban J connectivity index is 1.61. The topological polar surface area (TPSA) is 122 Å². The Labute approximate surface area is 236 Å². The van der Waals surface area contributed by atoms with E-state index in [-0.39, 0.29) is 37.1 Å². The molecule has 2 fully saturated rings. The zero-order valence-corrected chi connectivity index (χ0v) is 23.9. The summed E-state index contributed by atoms with van der Waals surface area (Å²) in [5.74, 6) is -3.43. The average molecular weight is 558 g/mol. The Bertz CT molecular complexity index is 1010. The van der Waals surface area contributed by atoms with Crippen LogP contribution >= 0.6 is 0 Å². The number of nitrogens with one attached hydrogen (secondary N) is 1. The highest BCUT2D eigenvalue weighted by Gasteiger charge is 2.38.